The van der Waals surface area contributed by atoms with E-state index in [-0.39, 0.29) is 0 Å². The Morgan fingerprint density at radius 2 is 2.29 bits per heavy atom. The van der Waals surface area contributed by atoms with Gasteiger partial charge in [0.1, 0.15) is 5.82 Å². The van der Waals surface area contributed by atoms with Crippen LogP contribution in [-0.4, -0.2) is 22.0 Å². The van der Waals surface area contributed by atoms with Crippen molar-refractivity contribution in [3.63, 3.8) is 0 Å². The van der Waals surface area contributed by atoms with Crippen molar-refractivity contribution in [2.24, 2.45) is 0 Å². The van der Waals surface area contributed by atoms with Crippen LogP contribution < -0.4 is 5.32 Å². The summed E-state index contributed by atoms with van der Waals surface area (Å²) >= 11 is 5.56. The highest BCUT2D eigenvalue weighted by atomic mass is 79.9. The van der Waals surface area contributed by atoms with Crippen molar-refractivity contribution < 1.29 is 0 Å². The van der Waals surface area contributed by atoms with E-state index in [1.165, 1.54) is 25.0 Å². The Bertz CT molecular complexity index is 384. The highest BCUT2D eigenvalue weighted by Gasteiger charge is 2.27. The van der Waals surface area contributed by atoms with E-state index in [9.17, 15) is 0 Å². The molecule has 4 heteroatoms. The second-order valence-corrected chi connectivity index (χ2v) is 6.81. The number of aryl methyl sites for hydroxylation is 1. The van der Waals surface area contributed by atoms with Gasteiger partial charge in [0.15, 0.2) is 0 Å². The van der Waals surface area contributed by atoms with Gasteiger partial charge in [-0.1, -0.05) is 13.3 Å². The number of hydrogen-bond donors (Lipinski definition) is 1. The molecule has 1 aliphatic rings. The maximum atomic E-state index is 4.56. The molecule has 0 spiro atoms. The first-order valence-corrected chi connectivity index (χ1v) is 8.06. The molecule has 2 atom stereocenters. The third-order valence-electron chi connectivity index (χ3n) is 3.19. The van der Waals surface area contributed by atoms with Crippen LogP contribution in [-0.2, 0) is 0 Å². The summed E-state index contributed by atoms with van der Waals surface area (Å²) in [6, 6.07) is 4.72. The minimum Gasteiger partial charge on any atom is -0.366 e. The standard InChI is InChI=1S/C13H19BrN2S/c1-3-17-12-6-4-5-11(12)16-13-8-7-10(14)9(2)15-13/h7-8,11-12H,3-6H2,1-2H3,(H,15,16). The smallest absolute Gasteiger partial charge is 0.126 e. The van der Waals surface area contributed by atoms with Crippen molar-refractivity contribution in [3.8, 4) is 0 Å². The third kappa shape index (κ3) is 3.38. The van der Waals surface area contributed by atoms with Gasteiger partial charge >= 0.3 is 0 Å². The zero-order chi connectivity index (χ0) is 12.3. The van der Waals surface area contributed by atoms with Crippen LogP contribution in [0, 0.1) is 6.92 Å². The predicted molar refractivity (Wildman–Crippen MR) is 79.9 cm³/mol. The molecule has 2 rings (SSSR count). The van der Waals surface area contributed by atoms with Gasteiger partial charge < -0.3 is 5.32 Å². The molecule has 1 aromatic rings. The monoisotopic (exact) mass is 314 g/mol. The topological polar surface area (TPSA) is 24.9 Å². The van der Waals surface area contributed by atoms with Gasteiger partial charge in [-0.25, -0.2) is 4.98 Å². The average Bonchev–Trinajstić information content (AvgIpc) is 2.72. The number of halogens is 1. The van der Waals surface area contributed by atoms with Gasteiger partial charge in [0, 0.05) is 15.8 Å². The summed E-state index contributed by atoms with van der Waals surface area (Å²) in [6.07, 6.45) is 3.95. The fourth-order valence-electron chi connectivity index (χ4n) is 2.32. The maximum absolute atomic E-state index is 4.56. The molecule has 1 fully saturated rings. The number of anilines is 1. The molecule has 0 radical (unpaired) electrons. The molecule has 0 bridgehead atoms. The molecule has 1 aromatic heterocycles. The van der Waals surface area contributed by atoms with Gasteiger partial charge in [-0.3, -0.25) is 0 Å². The molecule has 1 N–H and O–H groups in total. The van der Waals surface area contributed by atoms with Crippen molar-refractivity contribution >= 4 is 33.5 Å². The first-order chi connectivity index (χ1) is 8.20. The Balaban J connectivity index is 2.02. The van der Waals surface area contributed by atoms with E-state index in [1.807, 2.05) is 6.92 Å². The summed E-state index contributed by atoms with van der Waals surface area (Å²) in [5.41, 5.74) is 1.05. The second kappa shape index (κ2) is 6.10. The summed E-state index contributed by atoms with van der Waals surface area (Å²) in [5, 5.41) is 4.35. The summed E-state index contributed by atoms with van der Waals surface area (Å²) < 4.78 is 1.08. The molecule has 0 aliphatic heterocycles. The zero-order valence-corrected chi connectivity index (χ0v) is 12.8. The van der Waals surface area contributed by atoms with Crippen LogP contribution >= 0.6 is 27.7 Å². The molecule has 0 aromatic carbocycles. The van der Waals surface area contributed by atoms with Crippen LogP contribution in [0.3, 0.4) is 0 Å². The van der Waals surface area contributed by atoms with E-state index in [2.05, 4.69) is 57.0 Å². The number of nitrogens with one attached hydrogen (secondary N) is 1. The molecular weight excluding hydrogens is 296 g/mol. The number of rotatable bonds is 4. The largest absolute Gasteiger partial charge is 0.366 e. The number of pyridine rings is 1. The quantitative estimate of drug-likeness (QED) is 0.899. The van der Waals surface area contributed by atoms with Gasteiger partial charge in [-0.05, 0) is 53.6 Å². The Kier molecular flexibility index (Phi) is 4.74. The van der Waals surface area contributed by atoms with Gasteiger partial charge in [0.05, 0.1) is 5.69 Å². The summed E-state index contributed by atoms with van der Waals surface area (Å²) in [6.45, 7) is 4.27. The normalized spacial score (nSPS) is 23.9. The van der Waals surface area contributed by atoms with Crippen molar-refractivity contribution in [1.29, 1.82) is 0 Å². The van der Waals surface area contributed by atoms with Gasteiger partial charge in [-0.15, -0.1) is 0 Å². The number of thioether (sulfide) groups is 1. The molecule has 94 valence electrons. The number of aromatic nitrogens is 1. The number of hydrogen-bond acceptors (Lipinski definition) is 3. The summed E-state index contributed by atoms with van der Waals surface area (Å²) in [5.74, 6) is 2.22. The van der Waals surface area contributed by atoms with E-state index < -0.39 is 0 Å². The van der Waals surface area contributed by atoms with E-state index in [0.29, 0.717) is 6.04 Å². The molecular formula is C13H19BrN2S. The molecule has 2 unspecified atom stereocenters. The van der Waals surface area contributed by atoms with Crippen LogP contribution in [0.1, 0.15) is 31.9 Å². The lowest BCUT2D eigenvalue weighted by Crippen LogP contribution is -2.26. The molecule has 1 aliphatic carbocycles. The van der Waals surface area contributed by atoms with Crippen molar-refractivity contribution in [1.82, 2.24) is 4.98 Å². The summed E-state index contributed by atoms with van der Waals surface area (Å²) in [4.78, 5) is 4.56. The lowest BCUT2D eigenvalue weighted by Gasteiger charge is -2.21. The lowest BCUT2D eigenvalue weighted by atomic mass is 10.2. The molecule has 17 heavy (non-hydrogen) atoms. The lowest BCUT2D eigenvalue weighted by molar-refractivity contribution is 0.761. The maximum Gasteiger partial charge on any atom is 0.126 e. The van der Waals surface area contributed by atoms with Crippen LogP contribution in [0.2, 0.25) is 0 Å². The van der Waals surface area contributed by atoms with E-state index in [1.54, 1.807) is 0 Å². The minimum absolute atomic E-state index is 0.591. The van der Waals surface area contributed by atoms with Crippen LogP contribution in [0.4, 0.5) is 5.82 Å². The zero-order valence-electron chi connectivity index (χ0n) is 10.4. The Morgan fingerprint density at radius 1 is 1.47 bits per heavy atom. The Hall–Kier alpha value is -0.220. The first-order valence-electron chi connectivity index (χ1n) is 6.22. The van der Waals surface area contributed by atoms with E-state index >= 15 is 0 Å². The number of nitrogens with zero attached hydrogens (tertiary/aromatic N) is 1. The van der Waals surface area contributed by atoms with Gasteiger partial charge in [0.25, 0.3) is 0 Å². The predicted octanol–water partition coefficient (Wildman–Crippen LogP) is 4.24. The van der Waals surface area contributed by atoms with Crippen molar-refractivity contribution in [2.75, 3.05) is 11.1 Å². The second-order valence-electron chi connectivity index (χ2n) is 4.44. The fraction of sp³-hybridized carbons (Fsp3) is 0.615. The van der Waals surface area contributed by atoms with Gasteiger partial charge in [0.2, 0.25) is 0 Å². The molecule has 1 saturated carbocycles. The molecule has 0 amide bonds. The average molecular weight is 315 g/mol. The SMILES string of the molecule is CCSC1CCCC1Nc1ccc(Br)c(C)n1. The van der Waals surface area contributed by atoms with Crippen LogP contribution in [0.25, 0.3) is 0 Å². The third-order valence-corrected chi connectivity index (χ3v) is 5.35. The molecule has 2 nitrogen and oxygen atoms in total. The highest BCUT2D eigenvalue weighted by Crippen LogP contribution is 2.32. The van der Waals surface area contributed by atoms with E-state index in [4.69, 9.17) is 0 Å². The van der Waals surface area contributed by atoms with Crippen molar-refractivity contribution in [3.05, 3.63) is 22.3 Å². The van der Waals surface area contributed by atoms with Gasteiger partial charge in [-0.2, -0.15) is 11.8 Å². The van der Waals surface area contributed by atoms with Crippen molar-refractivity contribution in [2.45, 2.75) is 44.4 Å². The molecule has 0 saturated heterocycles. The minimum atomic E-state index is 0.591. The highest BCUT2D eigenvalue weighted by molar-refractivity contribution is 9.10. The first kappa shape index (κ1) is 13.2. The van der Waals surface area contributed by atoms with Crippen LogP contribution in [0.15, 0.2) is 16.6 Å². The van der Waals surface area contributed by atoms with E-state index in [0.717, 1.165) is 21.2 Å². The fourth-order valence-corrected chi connectivity index (χ4v) is 3.74. The molecule has 1 heterocycles. The van der Waals surface area contributed by atoms with Crippen LogP contribution in [0.5, 0.6) is 0 Å². The summed E-state index contributed by atoms with van der Waals surface area (Å²) in [7, 11) is 0. The Morgan fingerprint density at radius 3 is 3.00 bits per heavy atom. The Labute approximate surface area is 116 Å².